The first-order chi connectivity index (χ1) is 16.2. The van der Waals surface area contributed by atoms with Crippen LogP contribution in [0, 0.1) is 11.3 Å². The van der Waals surface area contributed by atoms with E-state index >= 15 is 0 Å². The molecule has 1 aliphatic rings. The van der Waals surface area contributed by atoms with Crippen LogP contribution in [0.3, 0.4) is 0 Å². The number of rotatable bonds is 6. The van der Waals surface area contributed by atoms with E-state index in [2.05, 4.69) is 16.2 Å². The molecule has 0 bridgehead atoms. The smallest absolute Gasteiger partial charge is 0.412 e. The van der Waals surface area contributed by atoms with E-state index in [1.807, 2.05) is 6.92 Å². The van der Waals surface area contributed by atoms with E-state index in [1.54, 1.807) is 36.7 Å². The molecule has 34 heavy (non-hydrogen) atoms. The molecule has 0 fully saturated rings. The van der Waals surface area contributed by atoms with Crippen molar-refractivity contribution in [3.63, 3.8) is 0 Å². The molecule has 1 aromatic carbocycles. The summed E-state index contributed by atoms with van der Waals surface area (Å²) in [6.07, 6.45) is 6.10. The third-order valence-electron chi connectivity index (χ3n) is 5.68. The predicted molar refractivity (Wildman–Crippen MR) is 125 cm³/mol. The molecule has 0 saturated carbocycles. The fourth-order valence-corrected chi connectivity index (χ4v) is 4.50. The number of carboxylic acid groups (broad SMARTS) is 1. The second-order valence-electron chi connectivity index (χ2n) is 8.17. The molecular weight excluding hydrogens is 458 g/mol. The molecule has 3 heterocycles. The van der Waals surface area contributed by atoms with Crippen molar-refractivity contribution in [1.29, 1.82) is 5.26 Å². The Hall–Kier alpha value is -3.91. The van der Waals surface area contributed by atoms with E-state index in [0.717, 1.165) is 0 Å². The Labute approximate surface area is 196 Å². The summed E-state index contributed by atoms with van der Waals surface area (Å²) in [7, 11) is -3.15. The van der Waals surface area contributed by atoms with Gasteiger partial charge in [-0.15, -0.1) is 0 Å². The number of ether oxygens (including phenoxy) is 1. The van der Waals surface area contributed by atoms with E-state index in [1.165, 1.54) is 22.0 Å². The molecule has 0 spiro atoms. The molecule has 1 N–H and O–H groups in total. The van der Waals surface area contributed by atoms with Crippen LogP contribution in [-0.2, 0) is 22.8 Å². The zero-order chi connectivity index (χ0) is 24.5. The number of hydrogen-bond acceptors (Lipinski definition) is 7. The Kier molecular flexibility index (Phi) is 6.26. The van der Waals surface area contributed by atoms with Crippen molar-refractivity contribution in [3.05, 3.63) is 54.0 Å². The Morgan fingerprint density at radius 2 is 2.15 bits per heavy atom. The summed E-state index contributed by atoms with van der Waals surface area (Å²) in [5.74, 6) is 0.463. The number of pyridine rings is 1. The fourth-order valence-electron chi connectivity index (χ4n) is 3.98. The van der Waals surface area contributed by atoms with Crippen molar-refractivity contribution in [2.75, 3.05) is 16.9 Å². The molecule has 10 nitrogen and oxygen atoms in total. The van der Waals surface area contributed by atoms with Crippen LogP contribution in [0.1, 0.15) is 24.5 Å². The van der Waals surface area contributed by atoms with Gasteiger partial charge < -0.3 is 9.84 Å². The maximum Gasteiger partial charge on any atom is 0.412 e. The lowest BCUT2D eigenvalue weighted by Crippen LogP contribution is -2.41. The highest BCUT2D eigenvalue weighted by Crippen LogP contribution is 2.44. The van der Waals surface area contributed by atoms with Crippen LogP contribution >= 0.6 is 0 Å². The van der Waals surface area contributed by atoms with Gasteiger partial charge in [-0.2, -0.15) is 10.4 Å². The summed E-state index contributed by atoms with van der Waals surface area (Å²) >= 11 is 0. The number of hydrogen-bond donors (Lipinski definition) is 1. The van der Waals surface area contributed by atoms with Crippen LogP contribution in [0.2, 0.25) is 0 Å². The number of amides is 1. The van der Waals surface area contributed by atoms with Gasteiger partial charge in [0.05, 0.1) is 24.2 Å². The van der Waals surface area contributed by atoms with E-state index < -0.39 is 15.9 Å². The van der Waals surface area contributed by atoms with Crippen LogP contribution in [0.25, 0.3) is 11.1 Å². The van der Waals surface area contributed by atoms with Crippen molar-refractivity contribution in [3.8, 4) is 28.8 Å². The first-order valence-corrected chi connectivity index (χ1v) is 12.7. The molecular formula is C23H23N5O5S. The summed E-state index contributed by atoms with van der Waals surface area (Å²) in [6, 6.07) is 8.56. The van der Waals surface area contributed by atoms with Gasteiger partial charge in [0.2, 0.25) is 5.88 Å². The van der Waals surface area contributed by atoms with Gasteiger partial charge in [0.15, 0.2) is 0 Å². The minimum absolute atomic E-state index is 0.0490. The number of benzene rings is 1. The Bertz CT molecular complexity index is 1390. The van der Waals surface area contributed by atoms with Gasteiger partial charge in [0.1, 0.15) is 27.2 Å². The van der Waals surface area contributed by atoms with Gasteiger partial charge in [-0.3, -0.25) is 9.58 Å². The summed E-state index contributed by atoms with van der Waals surface area (Å²) < 4.78 is 30.8. The third kappa shape index (κ3) is 4.72. The first-order valence-electron chi connectivity index (χ1n) is 10.6. The molecule has 1 amide bonds. The lowest BCUT2D eigenvalue weighted by Gasteiger charge is -2.34. The van der Waals surface area contributed by atoms with E-state index in [-0.39, 0.29) is 29.8 Å². The van der Waals surface area contributed by atoms with Gasteiger partial charge in [0, 0.05) is 41.4 Å². The van der Waals surface area contributed by atoms with E-state index in [9.17, 15) is 23.6 Å². The second-order valence-corrected chi connectivity index (χ2v) is 10.4. The maximum absolute atomic E-state index is 12.0. The summed E-state index contributed by atoms with van der Waals surface area (Å²) in [4.78, 5) is 17.5. The molecule has 0 radical (unpaired) electrons. The number of aryl methyl sites for hydroxylation is 1. The highest BCUT2D eigenvalue weighted by molar-refractivity contribution is 7.90. The number of nitrogens with zero attached hydrogens (tertiary/aromatic N) is 5. The van der Waals surface area contributed by atoms with Gasteiger partial charge in [-0.25, -0.2) is 18.2 Å². The fraction of sp³-hybridized carbons (Fsp3) is 0.304. The number of aromatic nitrogens is 3. The lowest BCUT2D eigenvalue weighted by atomic mass is 9.92. The molecule has 0 unspecified atom stereocenters. The SMILES string of the molecule is C[C@H]1CCc2c(ccc(-c3cnn(CCS(C)(=O)=O)c3)c2Oc2ncccc2C#N)N1C(=O)O. The Morgan fingerprint density at radius 1 is 1.35 bits per heavy atom. The number of nitriles is 1. The van der Waals surface area contributed by atoms with Crippen molar-refractivity contribution < 1.29 is 23.1 Å². The average Bonchev–Trinajstić information content (AvgIpc) is 3.26. The summed E-state index contributed by atoms with van der Waals surface area (Å²) in [6.45, 7) is 2.05. The monoisotopic (exact) mass is 481 g/mol. The normalized spacial score (nSPS) is 15.4. The van der Waals surface area contributed by atoms with Gasteiger partial charge in [0.25, 0.3) is 0 Å². The number of fused-ring (bicyclic) bond motifs is 1. The number of anilines is 1. The zero-order valence-corrected chi connectivity index (χ0v) is 19.5. The molecule has 1 atom stereocenters. The third-order valence-corrected chi connectivity index (χ3v) is 6.60. The maximum atomic E-state index is 12.0. The van der Waals surface area contributed by atoms with E-state index in [4.69, 9.17) is 4.74 Å². The summed E-state index contributed by atoms with van der Waals surface area (Å²) in [5, 5.41) is 23.5. The van der Waals surface area contributed by atoms with Crippen LogP contribution in [0.15, 0.2) is 42.9 Å². The molecule has 4 rings (SSSR count). The molecule has 2 aromatic heterocycles. The standard InChI is InChI=1S/C23H23N5O5S/c1-15-5-6-19-20(28(15)23(29)30)8-7-18(17-13-26-27(14-17)10-11-34(2,31)32)21(19)33-22-16(12-24)4-3-9-25-22/h3-4,7-9,13-15H,5-6,10-11H2,1-2H3,(H,29,30)/t15-/m0/s1. The quantitative estimate of drug-likeness (QED) is 0.565. The van der Waals surface area contributed by atoms with Gasteiger partial charge >= 0.3 is 6.09 Å². The average molecular weight is 482 g/mol. The predicted octanol–water partition coefficient (Wildman–Crippen LogP) is 3.47. The number of carbonyl (C=O) groups is 1. The van der Waals surface area contributed by atoms with Crippen molar-refractivity contribution >= 4 is 21.6 Å². The van der Waals surface area contributed by atoms with Crippen molar-refractivity contribution in [2.24, 2.45) is 0 Å². The highest BCUT2D eigenvalue weighted by atomic mass is 32.2. The largest absolute Gasteiger partial charge is 0.465 e. The van der Waals surface area contributed by atoms with Crippen LogP contribution < -0.4 is 9.64 Å². The minimum atomic E-state index is -3.15. The van der Waals surface area contributed by atoms with E-state index in [0.29, 0.717) is 41.0 Å². The molecule has 3 aromatic rings. The van der Waals surface area contributed by atoms with Gasteiger partial charge in [-0.1, -0.05) is 0 Å². The molecule has 11 heteroatoms. The minimum Gasteiger partial charge on any atom is -0.465 e. The summed E-state index contributed by atoms with van der Waals surface area (Å²) in [5.41, 5.74) is 2.76. The molecule has 0 saturated heterocycles. The second kappa shape index (κ2) is 9.15. The lowest BCUT2D eigenvalue weighted by molar-refractivity contribution is 0.198. The number of sulfone groups is 1. The van der Waals surface area contributed by atoms with Crippen molar-refractivity contribution in [2.45, 2.75) is 32.4 Å². The highest BCUT2D eigenvalue weighted by Gasteiger charge is 2.32. The molecule has 0 aliphatic carbocycles. The Balaban J connectivity index is 1.83. The van der Waals surface area contributed by atoms with Crippen LogP contribution in [0.4, 0.5) is 10.5 Å². The topological polar surface area (TPSA) is 138 Å². The van der Waals surface area contributed by atoms with Crippen LogP contribution in [-0.4, -0.2) is 52.4 Å². The molecule has 176 valence electrons. The van der Waals surface area contributed by atoms with Gasteiger partial charge in [-0.05, 0) is 44.0 Å². The molecule has 1 aliphatic heterocycles. The Morgan fingerprint density at radius 3 is 2.85 bits per heavy atom. The zero-order valence-electron chi connectivity index (χ0n) is 18.7. The van der Waals surface area contributed by atoms with Crippen LogP contribution in [0.5, 0.6) is 11.6 Å². The first kappa shape index (κ1) is 23.3. The van der Waals surface area contributed by atoms with Crippen molar-refractivity contribution in [1.82, 2.24) is 14.8 Å².